The summed E-state index contributed by atoms with van der Waals surface area (Å²) in [7, 11) is -1.22. The van der Waals surface area contributed by atoms with Crippen LogP contribution in [0.15, 0.2) is 47.4 Å². The van der Waals surface area contributed by atoms with Gasteiger partial charge in [-0.25, -0.2) is 8.42 Å². The zero-order valence-electron chi connectivity index (χ0n) is 16.7. The minimum Gasteiger partial charge on any atom is -0.495 e. The van der Waals surface area contributed by atoms with E-state index in [1.165, 1.54) is 56.6 Å². The van der Waals surface area contributed by atoms with Crippen LogP contribution >= 0.6 is 11.6 Å². The van der Waals surface area contributed by atoms with Gasteiger partial charge in [0.15, 0.2) is 15.5 Å². The smallest absolute Gasteiger partial charge is 0.435 e. The summed E-state index contributed by atoms with van der Waals surface area (Å²) < 4.78 is 70.6. The average molecular weight is 488 g/mol. The van der Waals surface area contributed by atoms with Crippen molar-refractivity contribution in [2.75, 3.05) is 19.9 Å². The molecule has 0 atom stereocenters. The molecule has 0 saturated heterocycles. The third-order valence-corrected chi connectivity index (χ3v) is 6.51. The standard InChI is InChI=1S/C20H17ClF3N3O4S/c1-25-16(28)10-32(29,30)13-6-3-11(4-7-13)18-17(19(27-26-18)20(22,23)24)12-5-8-15(31-2)14(21)9-12/h3-9H,10H2,1-2H3,(H,25,28)(H,26,27). The van der Waals surface area contributed by atoms with Gasteiger partial charge in [-0.05, 0) is 29.8 Å². The maximum atomic E-state index is 13.6. The molecule has 0 radical (unpaired) electrons. The number of aromatic amines is 1. The Balaban J connectivity index is 2.10. The molecular weight excluding hydrogens is 471 g/mol. The zero-order valence-corrected chi connectivity index (χ0v) is 18.3. The first-order valence-corrected chi connectivity index (χ1v) is 11.0. The number of hydrogen-bond donors (Lipinski definition) is 2. The van der Waals surface area contributed by atoms with Gasteiger partial charge in [-0.1, -0.05) is 29.8 Å². The Morgan fingerprint density at radius 1 is 1.16 bits per heavy atom. The summed E-state index contributed by atoms with van der Waals surface area (Å²) in [6.07, 6.45) is -4.76. The first-order valence-electron chi connectivity index (χ1n) is 9.01. The summed E-state index contributed by atoms with van der Waals surface area (Å²) in [4.78, 5) is 11.3. The molecule has 1 aromatic heterocycles. The molecule has 0 spiro atoms. The Labute approximate surface area is 186 Å². The summed E-state index contributed by atoms with van der Waals surface area (Å²) in [5.74, 6) is -1.14. The van der Waals surface area contributed by atoms with Crippen LogP contribution in [0.2, 0.25) is 5.02 Å². The Kier molecular flexibility index (Phi) is 6.51. The third-order valence-electron chi connectivity index (χ3n) is 4.58. The van der Waals surface area contributed by atoms with Gasteiger partial charge in [0.2, 0.25) is 5.91 Å². The molecular formula is C20H17ClF3N3O4S. The average Bonchev–Trinajstić information content (AvgIpc) is 3.19. The van der Waals surface area contributed by atoms with E-state index in [0.717, 1.165) is 0 Å². The van der Waals surface area contributed by atoms with Gasteiger partial charge in [-0.15, -0.1) is 0 Å². The predicted molar refractivity (Wildman–Crippen MR) is 112 cm³/mol. The van der Waals surface area contributed by atoms with Crippen LogP contribution < -0.4 is 10.1 Å². The van der Waals surface area contributed by atoms with Crippen molar-refractivity contribution in [3.63, 3.8) is 0 Å². The van der Waals surface area contributed by atoms with E-state index in [9.17, 15) is 26.4 Å². The van der Waals surface area contributed by atoms with E-state index in [-0.39, 0.29) is 32.3 Å². The number of nitrogens with one attached hydrogen (secondary N) is 2. The van der Waals surface area contributed by atoms with Gasteiger partial charge in [0.1, 0.15) is 11.5 Å². The van der Waals surface area contributed by atoms with Crippen molar-refractivity contribution >= 4 is 27.3 Å². The number of alkyl halides is 3. The zero-order chi connectivity index (χ0) is 23.7. The van der Waals surface area contributed by atoms with Crippen molar-refractivity contribution in [2.24, 2.45) is 0 Å². The number of nitrogens with zero attached hydrogens (tertiary/aromatic N) is 1. The molecule has 32 heavy (non-hydrogen) atoms. The Morgan fingerprint density at radius 3 is 2.31 bits per heavy atom. The fraction of sp³-hybridized carbons (Fsp3) is 0.200. The Bertz CT molecular complexity index is 1260. The van der Waals surface area contributed by atoms with E-state index in [2.05, 4.69) is 15.5 Å². The molecule has 2 aromatic carbocycles. The molecule has 1 amide bonds. The molecule has 0 saturated carbocycles. The second kappa shape index (κ2) is 8.83. The number of benzene rings is 2. The first-order chi connectivity index (χ1) is 15.0. The molecule has 3 rings (SSSR count). The number of methoxy groups -OCH3 is 1. The van der Waals surface area contributed by atoms with E-state index in [1.807, 2.05) is 0 Å². The molecule has 1 heterocycles. The highest BCUT2D eigenvalue weighted by Crippen LogP contribution is 2.42. The van der Waals surface area contributed by atoms with Crippen LogP contribution in [0, 0.1) is 0 Å². The lowest BCUT2D eigenvalue weighted by Crippen LogP contribution is -2.26. The number of carbonyl (C=O) groups excluding carboxylic acids is 1. The van der Waals surface area contributed by atoms with Crippen LogP contribution in [0.4, 0.5) is 13.2 Å². The first kappa shape index (κ1) is 23.6. The number of H-pyrrole nitrogens is 1. The molecule has 0 bridgehead atoms. The van der Waals surface area contributed by atoms with Crippen molar-refractivity contribution in [3.05, 3.63) is 53.2 Å². The van der Waals surface area contributed by atoms with Crippen LogP contribution in [-0.4, -0.2) is 44.4 Å². The lowest BCUT2D eigenvalue weighted by molar-refractivity contribution is -0.140. The molecule has 0 aliphatic carbocycles. The number of rotatable bonds is 6. The number of carbonyl (C=O) groups is 1. The van der Waals surface area contributed by atoms with Crippen LogP contribution in [-0.2, 0) is 20.8 Å². The van der Waals surface area contributed by atoms with E-state index in [4.69, 9.17) is 16.3 Å². The number of aromatic nitrogens is 2. The van der Waals surface area contributed by atoms with Crippen LogP contribution in [0.3, 0.4) is 0 Å². The largest absolute Gasteiger partial charge is 0.495 e. The maximum absolute atomic E-state index is 13.6. The molecule has 2 N–H and O–H groups in total. The van der Waals surface area contributed by atoms with E-state index in [0.29, 0.717) is 5.75 Å². The SMILES string of the molecule is CNC(=O)CS(=O)(=O)c1ccc(-c2[nH]nc(C(F)(F)F)c2-c2ccc(OC)c(Cl)c2)cc1. The summed E-state index contributed by atoms with van der Waals surface area (Å²) in [5.41, 5.74) is -0.973. The maximum Gasteiger partial charge on any atom is 0.435 e. The highest BCUT2D eigenvalue weighted by atomic mass is 35.5. The monoisotopic (exact) mass is 487 g/mol. The number of amides is 1. The van der Waals surface area contributed by atoms with E-state index in [1.54, 1.807) is 0 Å². The number of halogens is 4. The molecule has 7 nitrogen and oxygen atoms in total. The summed E-state index contributed by atoms with van der Waals surface area (Å²) >= 11 is 6.10. The van der Waals surface area contributed by atoms with Gasteiger partial charge in [-0.2, -0.15) is 18.3 Å². The highest BCUT2D eigenvalue weighted by molar-refractivity contribution is 7.92. The fourth-order valence-electron chi connectivity index (χ4n) is 3.02. The van der Waals surface area contributed by atoms with Crippen molar-refractivity contribution in [1.29, 1.82) is 0 Å². The van der Waals surface area contributed by atoms with Gasteiger partial charge in [0.25, 0.3) is 0 Å². The summed E-state index contributed by atoms with van der Waals surface area (Å²) in [5, 5.41) is 8.16. The lowest BCUT2D eigenvalue weighted by atomic mass is 9.98. The third kappa shape index (κ3) is 4.73. The quantitative estimate of drug-likeness (QED) is 0.548. The van der Waals surface area contributed by atoms with E-state index >= 15 is 0 Å². The molecule has 3 aromatic rings. The summed E-state index contributed by atoms with van der Waals surface area (Å²) in [6.45, 7) is 0. The van der Waals surface area contributed by atoms with Gasteiger partial charge in [0.05, 0.1) is 22.7 Å². The minimum absolute atomic E-state index is 0.0220. The van der Waals surface area contributed by atoms with Crippen molar-refractivity contribution in [3.8, 4) is 28.1 Å². The lowest BCUT2D eigenvalue weighted by Gasteiger charge is -2.11. The van der Waals surface area contributed by atoms with Gasteiger partial charge in [0, 0.05) is 18.2 Å². The molecule has 12 heteroatoms. The Hall–Kier alpha value is -3.05. The second-order valence-corrected chi connectivity index (χ2v) is 9.02. The van der Waals surface area contributed by atoms with Gasteiger partial charge < -0.3 is 10.1 Å². The normalized spacial score (nSPS) is 11.9. The molecule has 170 valence electrons. The highest BCUT2D eigenvalue weighted by Gasteiger charge is 2.38. The number of hydrogen-bond acceptors (Lipinski definition) is 5. The topological polar surface area (TPSA) is 101 Å². The number of sulfone groups is 1. The van der Waals surface area contributed by atoms with Crippen molar-refractivity contribution < 1.29 is 31.1 Å². The predicted octanol–water partition coefficient (Wildman–Crippen LogP) is 3.94. The van der Waals surface area contributed by atoms with Crippen molar-refractivity contribution in [1.82, 2.24) is 15.5 Å². The Morgan fingerprint density at radius 2 is 1.78 bits per heavy atom. The van der Waals surface area contributed by atoms with E-state index < -0.39 is 33.4 Å². The summed E-state index contributed by atoms with van der Waals surface area (Å²) in [6, 6.07) is 9.27. The minimum atomic E-state index is -4.76. The second-order valence-electron chi connectivity index (χ2n) is 6.63. The van der Waals surface area contributed by atoms with Gasteiger partial charge in [-0.3, -0.25) is 9.89 Å². The molecule has 0 unspecified atom stereocenters. The molecule has 0 fully saturated rings. The van der Waals surface area contributed by atoms with Crippen LogP contribution in [0.5, 0.6) is 5.75 Å². The molecule has 0 aliphatic heterocycles. The number of ether oxygens (including phenoxy) is 1. The fourth-order valence-corrected chi connectivity index (χ4v) is 4.48. The molecule has 0 aliphatic rings. The van der Waals surface area contributed by atoms with Crippen molar-refractivity contribution in [2.45, 2.75) is 11.1 Å². The van der Waals surface area contributed by atoms with Crippen LogP contribution in [0.1, 0.15) is 5.69 Å². The van der Waals surface area contributed by atoms with Gasteiger partial charge >= 0.3 is 6.18 Å². The van der Waals surface area contributed by atoms with Crippen LogP contribution in [0.25, 0.3) is 22.4 Å².